The summed E-state index contributed by atoms with van der Waals surface area (Å²) in [6.45, 7) is 7.51. The molecule has 0 amide bonds. The van der Waals surface area contributed by atoms with E-state index >= 15 is 0 Å². The zero-order valence-corrected chi connectivity index (χ0v) is 15.2. The largest absolute Gasteiger partial charge is 0.497 e. The number of ether oxygens (including phenoxy) is 1. The van der Waals surface area contributed by atoms with Gasteiger partial charge in [0.25, 0.3) is 0 Å². The minimum Gasteiger partial charge on any atom is -0.497 e. The number of hydrogen-bond acceptors (Lipinski definition) is 2. The van der Waals surface area contributed by atoms with Gasteiger partial charge in [0, 0.05) is 6.54 Å². The second kappa shape index (κ2) is 5.82. The molecule has 2 saturated carbocycles. The Morgan fingerprint density at radius 3 is 2.88 bits per heavy atom. The zero-order chi connectivity index (χ0) is 16.8. The average Bonchev–Trinajstić information content (AvgIpc) is 2.82. The first kappa shape index (κ1) is 16.1. The Labute approximate surface area is 146 Å². The van der Waals surface area contributed by atoms with Gasteiger partial charge in [-0.25, -0.2) is 0 Å². The third-order valence-electron chi connectivity index (χ3n) is 7.43. The van der Waals surface area contributed by atoms with Crippen molar-refractivity contribution in [2.45, 2.75) is 57.3 Å². The van der Waals surface area contributed by atoms with E-state index in [1.807, 2.05) is 6.20 Å². The SMILES string of the molecule is C=CNCC12CCCC[C@]3(CC1)c1cc(OC)ccc1C[C@@H](C)C23. The number of benzene rings is 1. The maximum absolute atomic E-state index is 5.59. The Balaban J connectivity index is 1.85. The molecule has 0 aromatic heterocycles. The molecule has 2 bridgehead atoms. The fourth-order valence-corrected chi connectivity index (χ4v) is 6.78. The van der Waals surface area contributed by atoms with Gasteiger partial charge in [-0.15, -0.1) is 0 Å². The zero-order valence-electron chi connectivity index (χ0n) is 15.2. The summed E-state index contributed by atoms with van der Waals surface area (Å²) >= 11 is 0. The Bertz CT molecular complexity index is 639. The highest BCUT2D eigenvalue weighted by Crippen LogP contribution is 2.66. The van der Waals surface area contributed by atoms with Crippen LogP contribution in [0, 0.1) is 17.3 Å². The van der Waals surface area contributed by atoms with Gasteiger partial charge in [-0.1, -0.05) is 32.4 Å². The summed E-state index contributed by atoms with van der Waals surface area (Å²) in [4.78, 5) is 0. The molecule has 0 spiro atoms. The van der Waals surface area contributed by atoms with Crippen molar-refractivity contribution in [2.24, 2.45) is 17.3 Å². The second-order valence-electron chi connectivity index (χ2n) is 8.49. The highest BCUT2D eigenvalue weighted by Gasteiger charge is 2.61. The van der Waals surface area contributed by atoms with Gasteiger partial charge in [0.2, 0.25) is 0 Å². The van der Waals surface area contributed by atoms with Gasteiger partial charge in [0.1, 0.15) is 5.75 Å². The van der Waals surface area contributed by atoms with Crippen molar-refractivity contribution in [1.29, 1.82) is 0 Å². The molecule has 1 aromatic rings. The normalized spacial score (nSPS) is 37.1. The highest BCUT2D eigenvalue weighted by atomic mass is 16.5. The maximum atomic E-state index is 5.59. The third-order valence-corrected chi connectivity index (χ3v) is 7.43. The molecule has 130 valence electrons. The molecule has 4 rings (SSSR count). The summed E-state index contributed by atoms with van der Waals surface area (Å²) in [6.07, 6.45) is 11.3. The van der Waals surface area contributed by atoms with Crippen molar-refractivity contribution >= 4 is 0 Å². The molecule has 2 fully saturated rings. The van der Waals surface area contributed by atoms with Crippen LogP contribution in [0.3, 0.4) is 0 Å². The molecule has 2 unspecified atom stereocenters. The van der Waals surface area contributed by atoms with E-state index in [2.05, 4.69) is 37.0 Å². The lowest BCUT2D eigenvalue weighted by Gasteiger charge is -2.49. The van der Waals surface area contributed by atoms with Crippen LogP contribution in [-0.4, -0.2) is 13.7 Å². The van der Waals surface area contributed by atoms with Gasteiger partial charge in [0.05, 0.1) is 7.11 Å². The van der Waals surface area contributed by atoms with Crippen LogP contribution in [0.1, 0.15) is 56.6 Å². The Morgan fingerprint density at radius 2 is 2.08 bits per heavy atom. The standard InChI is InChI=1S/C22H31NO/c1-4-23-15-21-9-5-6-10-22(12-11-21)19-14-18(24-3)8-7-17(19)13-16(2)20(21)22/h4,7-8,14,16,20,23H,1,5-6,9-13,15H2,2-3H3/t16-,20?,21?,22+/m1/s1. The molecule has 2 heteroatoms. The van der Waals surface area contributed by atoms with Crippen LogP contribution in [0.4, 0.5) is 0 Å². The number of hydrogen-bond donors (Lipinski definition) is 1. The molecule has 24 heavy (non-hydrogen) atoms. The third kappa shape index (κ3) is 2.14. The van der Waals surface area contributed by atoms with Crippen molar-refractivity contribution in [1.82, 2.24) is 5.32 Å². The van der Waals surface area contributed by atoms with Gasteiger partial charge >= 0.3 is 0 Å². The van der Waals surface area contributed by atoms with E-state index in [0.717, 1.165) is 24.1 Å². The van der Waals surface area contributed by atoms with Crippen molar-refractivity contribution in [3.8, 4) is 5.75 Å². The van der Waals surface area contributed by atoms with Crippen LogP contribution >= 0.6 is 0 Å². The molecule has 1 aromatic carbocycles. The second-order valence-corrected chi connectivity index (χ2v) is 8.49. The summed E-state index contributed by atoms with van der Waals surface area (Å²) in [7, 11) is 1.79. The van der Waals surface area contributed by atoms with E-state index in [4.69, 9.17) is 4.74 Å². The molecule has 3 aliphatic carbocycles. The molecular formula is C22H31NO. The fraction of sp³-hybridized carbons (Fsp3) is 0.636. The molecule has 0 heterocycles. The van der Waals surface area contributed by atoms with Crippen LogP contribution in [0.25, 0.3) is 0 Å². The van der Waals surface area contributed by atoms with Crippen LogP contribution in [0.2, 0.25) is 0 Å². The van der Waals surface area contributed by atoms with E-state index in [-0.39, 0.29) is 0 Å². The molecule has 1 N–H and O–H groups in total. The summed E-state index contributed by atoms with van der Waals surface area (Å²) < 4.78 is 5.59. The minimum absolute atomic E-state index is 0.376. The predicted molar refractivity (Wildman–Crippen MR) is 99.4 cm³/mol. The first-order chi connectivity index (χ1) is 11.6. The number of fused-ring (bicyclic) bond motifs is 1. The first-order valence-corrected chi connectivity index (χ1v) is 9.67. The number of methoxy groups -OCH3 is 1. The number of nitrogens with one attached hydrogen (secondary N) is 1. The average molecular weight is 325 g/mol. The minimum atomic E-state index is 0.376. The first-order valence-electron chi connectivity index (χ1n) is 9.67. The van der Waals surface area contributed by atoms with Crippen molar-refractivity contribution in [3.63, 3.8) is 0 Å². The molecule has 0 radical (unpaired) electrons. The van der Waals surface area contributed by atoms with Crippen molar-refractivity contribution < 1.29 is 4.74 Å². The van der Waals surface area contributed by atoms with E-state index in [1.165, 1.54) is 44.9 Å². The summed E-state index contributed by atoms with van der Waals surface area (Å²) in [6, 6.07) is 6.86. The summed E-state index contributed by atoms with van der Waals surface area (Å²) in [5, 5.41) is 3.50. The van der Waals surface area contributed by atoms with Crippen LogP contribution in [0.15, 0.2) is 31.0 Å². The quantitative estimate of drug-likeness (QED) is 0.856. The van der Waals surface area contributed by atoms with Crippen LogP contribution < -0.4 is 10.1 Å². The monoisotopic (exact) mass is 325 g/mol. The lowest BCUT2D eigenvalue weighted by Crippen LogP contribution is -2.48. The van der Waals surface area contributed by atoms with Crippen molar-refractivity contribution in [3.05, 3.63) is 42.1 Å². The summed E-state index contributed by atoms with van der Waals surface area (Å²) in [5.41, 5.74) is 4.02. The van der Waals surface area contributed by atoms with E-state index in [9.17, 15) is 0 Å². The maximum Gasteiger partial charge on any atom is 0.119 e. The Hall–Kier alpha value is -1.44. The molecule has 3 aliphatic rings. The highest BCUT2D eigenvalue weighted by molar-refractivity contribution is 5.45. The van der Waals surface area contributed by atoms with Gasteiger partial charge in [-0.05, 0) is 84.2 Å². The van der Waals surface area contributed by atoms with Crippen LogP contribution in [0.5, 0.6) is 5.75 Å². The van der Waals surface area contributed by atoms with Gasteiger partial charge < -0.3 is 10.1 Å². The Morgan fingerprint density at radius 1 is 1.25 bits per heavy atom. The molecule has 4 atom stereocenters. The molecule has 2 nitrogen and oxygen atoms in total. The smallest absolute Gasteiger partial charge is 0.119 e. The van der Waals surface area contributed by atoms with Gasteiger partial charge in [-0.2, -0.15) is 0 Å². The topological polar surface area (TPSA) is 21.3 Å². The van der Waals surface area contributed by atoms with Crippen LogP contribution in [-0.2, 0) is 11.8 Å². The van der Waals surface area contributed by atoms with Gasteiger partial charge in [-0.3, -0.25) is 0 Å². The van der Waals surface area contributed by atoms with E-state index in [0.29, 0.717) is 10.8 Å². The lowest BCUT2D eigenvalue weighted by atomic mass is 9.55. The van der Waals surface area contributed by atoms with Crippen molar-refractivity contribution in [2.75, 3.05) is 13.7 Å². The Kier molecular flexibility index (Phi) is 3.89. The lowest BCUT2D eigenvalue weighted by molar-refractivity contribution is 0.0827. The molecular weight excluding hydrogens is 294 g/mol. The predicted octanol–water partition coefficient (Wildman–Crippen LogP) is 4.83. The summed E-state index contributed by atoms with van der Waals surface area (Å²) in [5.74, 6) is 2.58. The van der Waals surface area contributed by atoms with E-state index in [1.54, 1.807) is 18.2 Å². The van der Waals surface area contributed by atoms with Gasteiger partial charge in [0.15, 0.2) is 0 Å². The number of rotatable bonds is 4. The fourth-order valence-electron chi connectivity index (χ4n) is 6.78. The molecule has 0 aliphatic heterocycles. The molecule has 0 saturated heterocycles. The van der Waals surface area contributed by atoms with E-state index < -0.39 is 0 Å².